The number of ketones is 1. The minimum atomic E-state index is -1.19. The van der Waals surface area contributed by atoms with Crippen LogP contribution in [-0.4, -0.2) is 35.4 Å². The van der Waals surface area contributed by atoms with Crippen LogP contribution in [-0.2, 0) is 4.79 Å². The predicted molar refractivity (Wildman–Crippen MR) is 129 cm³/mol. The number of nitrogens with two attached hydrogens (primary N) is 1. The molecule has 1 aromatic heterocycles. The van der Waals surface area contributed by atoms with Crippen LogP contribution in [0.25, 0.3) is 33.4 Å². The highest BCUT2D eigenvalue weighted by Gasteiger charge is 2.22. The van der Waals surface area contributed by atoms with Gasteiger partial charge in [0.2, 0.25) is 5.91 Å². The Bertz CT molecular complexity index is 1430. The number of aliphatic hydroxyl groups excluding tert-OH is 1. The SMILES string of the molecule is CCC(=O)c1c(-c2ccc(F)cc2)oc2ccc(-c3cccc(C(=O)N[C@@H](CO)C(N)=O)c3)cc12. The number of fused-ring (bicyclic) bond motifs is 1. The first-order valence-electron chi connectivity index (χ1n) is 11.0. The van der Waals surface area contributed by atoms with Gasteiger partial charge in [-0.1, -0.05) is 25.1 Å². The Labute approximate surface area is 200 Å². The molecule has 0 spiro atoms. The van der Waals surface area contributed by atoms with Crippen molar-refractivity contribution in [2.24, 2.45) is 5.73 Å². The summed E-state index contributed by atoms with van der Waals surface area (Å²) in [5.74, 6) is -1.53. The molecule has 7 nitrogen and oxygen atoms in total. The van der Waals surface area contributed by atoms with E-state index in [0.717, 1.165) is 5.56 Å². The monoisotopic (exact) mass is 474 g/mol. The number of Topliss-reactive ketones (excluding diaryl/α,β-unsaturated/α-hetero) is 1. The van der Waals surface area contributed by atoms with Crippen molar-refractivity contribution in [1.82, 2.24) is 5.32 Å². The van der Waals surface area contributed by atoms with Crippen molar-refractivity contribution in [3.05, 3.63) is 83.7 Å². The standard InChI is InChI=1S/C27H23FN2O5/c1-2-22(32)24-20-13-17(8-11-23(20)35-25(24)15-6-9-19(28)10-7-15)16-4-3-5-18(12-16)27(34)30-21(14-31)26(29)33/h3-13,21,31H,2,14H2,1H3,(H2,29,33)(H,30,34)/t21-/m0/s1. The number of rotatable bonds is 8. The highest BCUT2D eigenvalue weighted by atomic mass is 19.1. The number of carbonyl (C=O) groups is 3. The molecule has 0 aliphatic rings. The maximum Gasteiger partial charge on any atom is 0.252 e. The first kappa shape index (κ1) is 23.8. The molecule has 8 heteroatoms. The van der Waals surface area contributed by atoms with E-state index < -0.39 is 24.5 Å². The van der Waals surface area contributed by atoms with Gasteiger partial charge in [-0.2, -0.15) is 0 Å². The number of hydrogen-bond donors (Lipinski definition) is 3. The molecule has 0 radical (unpaired) electrons. The molecule has 0 aliphatic carbocycles. The molecular formula is C27H23FN2O5. The highest BCUT2D eigenvalue weighted by molar-refractivity contribution is 6.12. The molecule has 178 valence electrons. The number of halogens is 1. The summed E-state index contributed by atoms with van der Waals surface area (Å²) in [6.07, 6.45) is 0.259. The first-order valence-corrected chi connectivity index (χ1v) is 11.0. The average Bonchev–Trinajstić information content (AvgIpc) is 3.25. The second-order valence-electron chi connectivity index (χ2n) is 7.99. The number of aliphatic hydroxyl groups is 1. The van der Waals surface area contributed by atoms with Gasteiger partial charge in [-0.05, 0) is 59.7 Å². The van der Waals surface area contributed by atoms with Gasteiger partial charge in [0.05, 0.1) is 12.2 Å². The van der Waals surface area contributed by atoms with Crippen molar-refractivity contribution in [2.75, 3.05) is 6.61 Å². The summed E-state index contributed by atoms with van der Waals surface area (Å²) in [7, 11) is 0. The molecule has 0 saturated heterocycles. The highest BCUT2D eigenvalue weighted by Crippen LogP contribution is 2.37. The van der Waals surface area contributed by atoms with Gasteiger partial charge in [-0.25, -0.2) is 4.39 Å². The Morgan fingerprint density at radius 3 is 2.34 bits per heavy atom. The lowest BCUT2D eigenvalue weighted by molar-refractivity contribution is -0.120. The molecule has 4 N–H and O–H groups in total. The Hall–Kier alpha value is -4.30. The molecule has 0 bridgehead atoms. The Morgan fingerprint density at radius 1 is 1.00 bits per heavy atom. The van der Waals surface area contributed by atoms with Gasteiger partial charge in [-0.3, -0.25) is 14.4 Å². The van der Waals surface area contributed by atoms with E-state index in [-0.39, 0.29) is 23.6 Å². The van der Waals surface area contributed by atoms with Crippen LogP contribution in [0, 0.1) is 5.82 Å². The number of carbonyl (C=O) groups excluding carboxylic acids is 3. The van der Waals surface area contributed by atoms with Gasteiger partial charge < -0.3 is 20.6 Å². The normalized spacial score (nSPS) is 11.9. The molecule has 1 heterocycles. The number of furan rings is 1. The number of amides is 2. The Balaban J connectivity index is 1.76. The second-order valence-corrected chi connectivity index (χ2v) is 7.99. The number of primary amides is 1. The zero-order chi connectivity index (χ0) is 25.1. The van der Waals surface area contributed by atoms with Crippen LogP contribution in [0.1, 0.15) is 34.1 Å². The summed E-state index contributed by atoms with van der Waals surface area (Å²) in [4.78, 5) is 36.8. The average molecular weight is 474 g/mol. The van der Waals surface area contributed by atoms with Crippen LogP contribution in [0.2, 0.25) is 0 Å². The third kappa shape index (κ3) is 4.83. The van der Waals surface area contributed by atoms with Crippen LogP contribution in [0.5, 0.6) is 0 Å². The van der Waals surface area contributed by atoms with Gasteiger partial charge in [0.1, 0.15) is 23.2 Å². The molecule has 4 rings (SSSR count). The van der Waals surface area contributed by atoms with Gasteiger partial charge in [-0.15, -0.1) is 0 Å². The van der Waals surface area contributed by atoms with Crippen LogP contribution < -0.4 is 11.1 Å². The topological polar surface area (TPSA) is 123 Å². The minimum absolute atomic E-state index is 0.116. The molecular weight excluding hydrogens is 451 g/mol. The smallest absolute Gasteiger partial charge is 0.252 e. The molecule has 0 saturated carbocycles. The lowest BCUT2D eigenvalue weighted by Gasteiger charge is -2.13. The maximum absolute atomic E-state index is 13.4. The van der Waals surface area contributed by atoms with Gasteiger partial charge in [0, 0.05) is 22.9 Å². The van der Waals surface area contributed by atoms with Crippen LogP contribution in [0.15, 0.2) is 71.1 Å². The van der Waals surface area contributed by atoms with Gasteiger partial charge in [0.15, 0.2) is 5.78 Å². The first-order chi connectivity index (χ1) is 16.8. The number of benzene rings is 3. The molecule has 3 aromatic carbocycles. The van der Waals surface area contributed by atoms with Crippen molar-refractivity contribution in [1.29, 1.82) is 0 Å². The number of nitrogens with one attached hydrogen (secondary N) is 1. The fraction of sp³-hybridized carbons (Fsp3) is 0.148. The molecule has 1 atom stereocenters. The molecule has 0 aliphatic heterocycles. The van der Waals surface area contributed by atoms with Crippen molar-refractivity contribution in [2.45, 2.75) is 19.4 Å². The summed E-state index contributed by atoms with van der Waals surface area (Å²) < 4.78 is 19.4. The van der Waals surface area contributed by atoms with E-state index in [1.54, 1.807) is 55.5 Å². The van der Waals surface area contributed by atoms with E-state index >= 15 is 0 Å². The third-order valence-electron chi connectivity index (χ3n) is 5.68. The van der Waals surface area contributed by atoms with E-state index in [2.05, 4.69) is 5.32 Å². The zero-order valence-corrected chi connectivity index (χ0v) is 18.9. The molecule has 4 aromatic rings. The van der Waals surface area contributed by atoms with E-state index in [4.69, 9.17) is 10.2 Å². The molecule has 0 fully saturated rings. The van der Waals surface area contributed by atoms with Crippen LogP contribution >= 0.6 is 0 Å². The minimum Gasteiger partial charge on any atom is -0.455 e. The van der Waals surface area contributed by atoms with Crippen molar-refractivity contribution >= 4 is 28.6 Å². The van der Waals surface area contributed by atoms with E-state index in [9.17, 15) is 23.9 Å². The summed E-state index contributed by atoms with van der Waals surface area (Å²) >= 11 is 0. The summed E-state index contributed by atoms with van der Waals surface area (Å²) in [6.45, 7) is 1.15. The third-order valence-corrected chi connectivity index (χ3v) is 5.68. The van der Waals surface area contributed by atoms with Crippen molar-refractivity contribution in [3.63, 3.8) is 0 Å². The largest absolute Gasteiger partial charge is 0.455 e. The predicted octanol–water partition coefficient (Wildman–Crippen LogP) is 4.07. The van der Waals surface area contributed by atoms with Gasteiger partial charge >= 0.3 is 0 Å². The van der Waals surface area contributed by atoms with Crippen LogP contribution in [0.4, 0.5) is 4.39 Å². The second kappa shape index (κ2) is 9.90. The fourth-order valence-corrected chi connectivity index (χ4v) is 3.82. The lowest BCUT2D eigenvalue weighted by atomic mass is 9.97. The van der Waals surface area contributed by atoms with E-state index in [1.807, 2.05) is 6.07 Å². The number of hydrogen-bond acceptors (Lipinski definition) is 5. The summed E-state index contributed by atoms with van der Waals surface area (Å²) in [5.41, 5.74) is 8.39. The molecule has 2 amide bonds. The van der Waals surface area contributed by atoms with Crippen LogP contribution in [0.3, 0.4) is 0 Å². The van der Waals surface area contributed by atoms with Crippen molar-refractivity contribution in [3.8, 4) is 22.5 Å². The molecule has 35 heavy (non-hydrogen) atoms. The maximum atomic E-state index is 13.4. The van der Waals surface area contributed by atoms with E-state index in [0.29, 0.717) is 33.4 Å². The Kier molecular flexibility index (Phi) is 6.75. The molecule has 0 unspecified atom stereocenters. The van der Waals surface area contributed by atoms with Crippen molar-refractivity contribution < 1.29 is 28.3 Å². The summed E-state index contributed by atoms with van der Waals surface area (Å²) in [5, 5.41) is 12.3. The Morgan fingerprint density at radius 2 is 1.69 bits per heavy atom. The lowest BCUT2D eigenvalue weighted by Crippen LogP contribution is -2.46. The summed E-state index contributed by atoms with van der Waals surface area (Å²) in [6, 6.07) is 16.6. The van der Waals surface area contributed by atoms with E-state index in [1.165, 1.54) is 12.1 Å². The van der Waals surface area contributed by atoms with Gasteiger partial charge in [0.25, 0.3) is 5.91 Å². The zero-order valence-electron chi connectivity index (χ0n) is 18.9. The fourth-order valence-electron chi connectivity index (χ4n) is 3.82. The quantitative estimate of drug-likeness (QED) is 0.332.